The van der Waals surface area contributed by atoms with Gasteiger partial charge in [-0.15, -0.1) is 16.4 Å². The molecule has 0 aliphatic carbocycles. The van der Waals surface area contributed by atoms with Crippen LogP contribution in [-0.2, 0) is 0 Å². The van der Waals surface area contributed by atoms with Gasteiger partial charge in [0.25, 0.3) is 5.91 Å². The predicted molar refractivity (Wildman–Crippen MR) is 117 cm³/mol. The van der Waals surface area contributed by atoms with E-state index in [2.05, 4.69) is 26.0 Å². The third kappa shape index (κ3) is 3.96. The van der Waals surface area contributed by atoms with E-state index in [-0.39, 0.29) is 11.6 Å². The average Bonchev–Trinajstić information content (AvgIpc) is 3.37. The first-order valence-corrected chi connectivity index (χ1v) is 10.5. The Bertz CT molecular complexity index is 1180. The number of carbonyl (C=O) groups is 1. The van der Waals surface area contributed by atoms with Crippen molar-refractivity contribution in [1.29, 1.82) is 0 Å². The van der Waals surface area contributed by atoms with Gasteiger partial charge in [0.2, 0.25) is 5.82 Å². The quantitative estimate of drug-likeness (QED) is 0.361. The van der Waals surface area contributed by atoms with Crippen LogP contribution >= 0.6 is 38.9 Å². The molecule has 0 aliphatic rings. The van der Waals surface area contributed by atoms with E-state index in [1.54, 1.807) is 37.4 Å². The lowest BCUT2D eigenvalue weighted by atomic mass is 10.3. The monoisotopic (exact) mass is 490 g/mol. The fraction of sp³-hybridized carbons (Fsp3) is 0.0500. The molecule has 29 heavy (non-hydrogen) atoms. The normalized spacial score (nSPS) is 10.9. The molecule has 0 radical (unpaired) electrons. The number of nitrogens with zero attached hydrogens (tertiary/aromatic N) is 4. The Hall–Kier alpha value is -2.55. The highest BCUT2D eigenvalue weighted by molar-refractivity contribution is 9.10. The molecule has 0 saturated heterocycles. The summed E-state index contributed by atoms with van der Waals surface area (Å²) in [5.74, 6) is -0.246. The van der Waals surface area contributed by atoms with Crippen LogP contribution in [0.4, 0.5) is 10.1 Å². The minimum absolute atomic E-state index is 0.0132. The molecule has 0 N–H and O–H groups in total. The largest absolute Gasteiger partial charge is 0.307 e. The van der Waals surface area contributed by atoms with Crippen LogP contribution in [0, 0.1) is 5.82 Å². The van der Waals surface area contributed by atoms with Crippen molar-refractivity contribution in [1.82, 2.24) is 14.8 Å². The second-order valence-electron chi connectivity index (χ2n) is 6.08. The van der Waals surface area contributed by atoms with Crippen LogP contribution in [0.5, 0.6) is 0 Å². The van der Waals surface area contributed by atoms with Crippen molar-refractivity contribution >= 4 is 50.5 Å². The molecule has 0 aliphatic heterocycles. The van der Waals surface area contributed by atoms with Crippen molar-refractivity contribution in [3.63, 3.8) is 0 Å². The van der Waals surface area contributed by atoms with Gasteiger partial charge in [0.05, 0.1) is 21.3 Å². The maximum Gasteiger partial charge on any atom is 0.297 e. The van der Waals surface area contributed by atoms with Gasteiger partial charge >= 0.3 is 0 Å². The molecule has 2 aromatic carbocycles. The Morgan fingerprint density at radius 3 is 2.62 bits per heavy atom. The van der Waals surface area contributed by atoms with E-state index < -0.39 is 5.91 Å². The van der Waals surface area contributed by atoms with Crippen LogP contribution in [0.2, 0.25) is 5.02 Å². The molecule has 0 bridgehead atoms. The van der Waals surface area contributed by atoms with E-state index in [1.165, 1.54) is 33.1 Å². The standard InChI is InChI=1S/C20H13BrClFN4OS/c1-26(16-9-4-12(21)11-15(16)22)20(28)18-24-19(17-3-2-10-29-17)27(25-18)14-7-5-13(23)6-8-14/h2-11H,1H3. The zero-order valence-electron chi connectivity index (χ0n) is 15.0. The third-order valence-electron chi connectivity index (χ3n) is 4.19. The molecule has 4 rings (SSSR count). The van der Waals surface area contributed by atoms with E-state index >= 15 is 0 Å². The number of rotatable bonds is 4. The van der Waals surface area contributed by atoms with E-state index in [0.29, 0.717) is 22.2 Å². The second-order valence-corrected chi connectivity index (χ2v) is 8.36. The van der Waals surface area contributed by atoms with Gasteiger partial charge in [-0.25, -0.2) is 14.1 Å². The topological polar surface area (TPSA) is 51.0 Å². The van der Waals surface area contributed by atoms with Gasteiger partial charge in [-0.2, -0.15) is 0 Å². The van der Waals surface area contributed by atoms with Gasteiger partial charge in [-0.3, -0.25) is 4.79 Å². The lowest BCUT2D eigenvalue weighted by molar-refractivity contribution is 0.0983. The number of halogens is 3. The van der Waals surface area contributed by atoms with Gasteiger partial charge < -0.3 is 4.90 Å². The summed E-state index contributed by atoms with van der Waals surface area (Å²) in [6, 6.07) is 14.9. The van der Waals surface area contributed by atoms with Crippen LogP contribution in [0.15, 0.2) is 64.5 Å². The van der Waals surface area contributed by atoms with Crippen molar-refractivity contribution in [2.75, 3.05) is 11.9 Å². The summed E-state index contributed by atoms with van der Waals surface area (Å²) in [7, 11) is 1.61. The Morgan fingerprint density at radius 2 is 1.97 bits per heavy atom. The first-order valence-electron chi connectivity index (χ1n) is 8.44. The van der Waals surface area contributed by atoms with Crippen LogP contribution in [0.1, 0.15) is 10.6 Å². The van der Waals surface area contributed by atoms with Gasteiger partial charge in [0.15, 0.2) is 5.82 Å². The molecule has 0 atom stereocenters. The molecular formula is C20H13BrClFN4OS. The fourth-order valence-corrected chi connectivity index (χ4v) is 4.24. The molecule has 4 aromatic rings. The zero-order chi connectivity index (χ0) is 20.5. The summed E-state index contributed by atoms with van der Waals surface area (Å²) < 4.78 is 15.7. The smallest absolute Gasteiger partial charge is 0.297 e. The van der Waals surface area contributed by atoms with E-state index in [4.69, 9.17) is 11.6 Å². The van der Waals surface area contributed by atoms with E-state index in [1.807, 2.05) is 17.5 Å². The Labute approximate surface area is 183 Å². The van der Waals surface area contributed by atoms with Crippen molar-refractivity contribution in [2.24, 2.45) is 0 Å². The molecule has 0 unspecified atom stereocenters. The van der Waals surface area contributed by atoms with Crippen LogP contribution < -0.4 is 4.90 Å². The minimum atomic E-state index is -0.409. The number of anilines is 1. The average molecular weight is 492 g/mol. The number of benzene rings is 2. The lowest BCUT2D eigenvalue weighted by Gasteiger charge is -2.17. The number of thiophene rings is 1. The summed E-state index contributed by atoms with van der Waals surface area (Å²) in [6.07, 6.45) is 0. The van der Waals surface area contributed by atoms with Gasteiger partial charge in [0.1, 0.15) is 5.82 Å². The summed E-state index contributed by atoms with van der Waals surface area (Å²) >= 11 is 11.1. The molecule has 9 heteroatoms. The van der Waals surface area contributed by atoms with Crippen LogP contribution in [-0.4, -0.2) is 27.7 Å². The lowest BCUT2D eigenvalue weighted by Crippen LogP contribution is -2.27. The molecule has 0 saturated carbocycles. The Morgan fingerprint density at radius 1 is 1.21 bits per heavy atom. The molecule has 2 aromatic heterocycles. The summed E-state index contributed by atoms with van der Waals surface area (Å²) in [5, 5.41) is 6.74. The summed E-state index contributed by atoms with van der Waals surface area (Å²) in [6.45, 7) is 0. The SMILES string of the molecule is CN(C(=O)c1nc(-c2cccs2)n(-c2ccc(F)cc2)n1)c1ccc(Br)cc1Cl. The highest BCUT2D eigenvalue weighted by atomic mass is 79.9. The predicted octanol–water partition coefficient (Wildman–Crippen LogP) is 5.83. The van der Waals surface area contributed by atoms with Crippen LogP contribution in [0.3, 0.4) is 0 Å². The van der Waals surface area contributed by atoms with Crippen molar-refractivity contribution in [3.05, 3.63) is 81.1 Å². The molecule has 146 valence electrons. The Kier molecular flexibility index (Phi) is 5.49. The van der Waals surface area contributed by atoms with Gasteiger partial charge in [0, 0.05) is 11.5 Å². The first kappa shape index (κ1) is 19.8. The minimum Gasteiger partial charge on any atom is -0.307 e. The molecule has 5 nitrogen and oxygen atoms in total. The molecule has 0 spiro atoms. The maximum absolute atomic E-state index is 13.3. The highest BCUT2D eigenvalue weighted by Crippen LogP contribution is 2.30. The number of carbonyl (C=O) groups excluding carboxylic acids is 1. The van der Waals surface area contributed by atoms with Crippen molar-refractivity contribution in [2.45, 2.75) is 0 Å². The van der Waals surface area contributed by atoms with Gasteiger partial charge in [-0.1, -0.05) is 33.6 Å². The Balaban J connectivity index is 1.77. The van der Waals surface area contributed by atoms with E-state index in [9.17, 15) is 9.18 Å². The number of hydrogen-bond acceptors (Lipinski definition) is 4. The molecule has 0 fully saturated rings. The summed E-state index contributed by atoms with van der Waals surface area (Å²) in [5.41, 5.74) is 1.14. The molecule has 2 heterocycles. The first-order chi connectivity index (χ1) is 13.9. The van der Waals surface area contributed by atoms with Crippen molar-refractivity contribution in [3.8, 4) is 16.4 Å². The van der Waals surface area contributed by atoms with Gasteiger partial charge in [-0.05, 0) is 53.9 Å². The van der Waals surface area contributed by atoms with Crippen LogP contribution in [0.25, 0.3) is 16.4 Å². The number of hydrogen-bond donors (Lipinski definition) is 0. The maximum atomic E-state index is 13.3. The fourth-order valence-electron chi connectivity index (χ4n) is 2.74. The zero-order valence-corrected chi connectivity index (χ0v) is 18.2. The van der Waals surface area contributed by atoms with Crippen molar-refractivity contribution < 1.29 is 9.18 Å². The number of aromatic nitrogens is 3. The molecule has 1 amide bonds. The second kappa shape index (κ2) is 8.06. The highest BCUT2D eigenvalue weighted by Gasteiger charge is 2.24. The third-order valence-corrected chi connectivity index (χ3v) is 5.85. The summed E-state index contributed by atoms with van der Waals surface area (Å²) in [4.78, 5) is 19.8. The molecular weight excluding hydrogens is 479 g/mol. The van der Waals surface area contributed by atoms with E-state index in [0.717, 1.165) is 9.35 Å². The number of amides is 1.